The highest BCUT2D eigenvalue weighted by atomic mass is 16.3. The number of aryl methyl sites for hydroxylation is 3. The SMILES string of the molecule is Cc1cc(C)c(O)c(Nc2cc(C)cc(-n3nc4ccccc4n3)c2O)c1. The monoisotopic (exact) mass is 360 g/mol. The van der Waals surface area contributed by atoms with Gasteiger partial charge in [0.05, 0.1) is 11.4 Å². The lowest BCUT2D eigenvalue weighted by Crippen LogP contribution is -2.02. The number of fused-ring (bicyclic) bond motifs is 1. The van der Waals surface area contributed by atoms with Crippen LogP contribution in [0.4, 0.5) is 11.4 Å². The zero-order valence-electron chi connectivity index (χ0n) is 15.4. The highest BCUT2D eigenvalue weighted by Gasteiger charge is 2.15. The number of hydrogen-bond acceptors (Lipinski definition) is 5. The highest BCUT2D eigenvalue weighted by molar-refractivity contribution is 5.77. The maximum Gasteiger partial charge on any atom is 0.166 e. The van der Waals surface area contributed by atoms with Crippen LogP contribution in [0, 0.1) is 20.8 Å². The summed E-state index contributed by atoms with van der Waals surface area (Å²) in [6.45, 7) is 5.73. The summed E-state index contributed by atoms with van der Waals surface area (Å²) in [6, 6.07) is 14.9. The van der Waals surface area contributed by atoms with Crippen LogP contribution in [0.15, 0.2) is 48.5 Å². The number of rotatable bonds is 3. The zero-order chi connectivity index (χ0) is 19.1. The third kappa shape index (κ3) is 3.06. The fraction of sp³-hybridized carbons (Fsp3) is 0.143. The van der Waals surface area contributed by atoms with Crippen molar-refractivity contribution in [3.63, 3.8) is 0 Å². The van der Waals surface area contributed by atoms with E-state index < -0.39 is 0 Å². The van der Waals surface area contributed by atoms with E-state index in [-0.39, 0.29) is 11.5 Å². The molecule has 0 atom stereocenters. The lowest BCUT2D eigenvalue weighted by Gasteiger charge is -2.15. The number of hydrogen-bond donors (Lipinski definition) is 3. The van der Waals surface area contributed by atoms with Crippen LogP contribution in [0.2, 0.25) is 0 Å². The summed E-state index contributed by atoms with van der Waals surface area (Å²) in [6.07, 6.45) is 0. The average molecular weight is 360 g/mol. The maximum absolute atomic E-state index is 10.8. The first-order valence-corrected chi connectivity index (χ1v) is 8.65. The molecule has 6 heteroatoms. The van der Waals surface area contributed by atoms with Crippen LogP contribution in [0.25, 0.3) is 16.7 Å². The standard InChI is InChI=1S/C21H20N4O2/c1-12-8-14(3)20(26)17(9-12)22-18-10-13(2)11-19(21(18)27)25-23-15-6-4-5-7-16(15)24-25/h4-11,22,26-27H,1-3H3. The molecule has 0 spiro atoms. The molecule has 0 aliphatic rings. The number of anilines is 2. The number of nitrogens with one attached hydrogen (secondary N) is 1. The quantitative estimate of drug-likeness (QED) is 0.469. The van der Waals surface area contributed by atoms with Crippen molar-refractivity contribution in [1.82, 2.24) is 15.0 Å². The molecule has 6 nitrogen and oxygen atoms in total. The minimum atomic E-state index is 0.0134. The minimum absolute atomic E-state index is 0.0134. The van der Waals surface area contributed by atoms with E-state index in [0.29, 0.717) is 17.1 Å². The lowest BCUT2D eigenvalue weighted by atomic mass is 10.1. The Morgan fingerprint density at radius 1 is 0.778 bits per heavy atom. The van der Waals surface area contributed by atoms with Crippen LogP contribution >= 0.6 is 0 Å². The van der Waals surface area contributed by atoms with Gasteiger partial charge in [-0.25, -0.2) is 0 Å². The summed E-state index contributed by atoms with van der Waals surface area (Å²) in [4.78, 5) is 1.43. The Morgan fingerprint density at radius 3 is 1.96 bits per heavy atom. The molecule has 1 aromatic heterocycles. The maximum atomic E-state index is 10.8. The summed E-state index contributed by atoms with van der Waals surface area (Å²) in [5.74, 6) is 0.172. The van der Waals surface area contributed by atoms with Gasteiger partial charge in [0.15, 0.2) is 5.75 Å². The first-order chi connectivity index (χ1) is 12.9. The molecule has 4 rings (SSSR count). The van der Waals surface area contributed by atoms with Gasteiger partial charge in [0.2, 0.25) is 0 Å². The molecule has 0 saturated heterocycles. The van der Waals surface area contributed by atoms with Crippen LogP contribution in [-0.4, -0.2) is 25.2 Å². The average Bonchev–Trinajstić information content (AvgIpc) is 3.05. The van der Waals surface area contributed by atoms with E-state index in [0.717, 1.165) is 27.7 Å². The Balaban J connectivity index is 1.82. The molecule has 4 aromatic rings. The molecule has 0 unspecified atom stereocenters. The lowest BCUT2D eigenvalue weighted by molar-refractivity contribution is 0.468. The van der Waals surface area contributed by atoms with E-state index >= 15 is 0 Å². The van der Waals surface area contributed by atoms with Gasteiger partial charge in [-0.3, -0.25) is 0 Å². The molecule has 1 heterocycles. The summed E-state index contributed by atoms with van der Waals surface area (Å²) in [5.41, 5.74) is 5.70. The molecule has 0 aliphatic heterocycles. The fourth-order valence-electron chi connectivity index (χ4n) is 3.18. The van der Waals surface area contributed by atoms with E-state index in [1.165, 1.54) is 4.80 Å². The number of phenolic OH excluding ortho intramolecular Hbond substituents is 2. The van der Waals surface area contributed by atoms with E-state index in [1.54, 1.807) is 0 Å². The van der Waals surface area contributed by atoms with Crippen molar-refractivity contribution in [2.75, 3.05) is 5.32 Å². The molecule has 136 valence electrons. The molecule has 0 amide bonds. The van der Waals surface area contributed by atoms with Crippen LogP contribution in [0.3, 0.4) is 0 Å². The zero-order valence-corrected chi connectivity index (χ0v) is 15.4. The Bertz CT molecular complexity index is 1130. The first-order valence-electron chi connectivity index (χ1n) is 8.65. The molecule has 0 saturated carbocycles. The van der Waals surface area contributed by atoms with Gasteiger partial charge in [-0.15, -0.1) is 15.0 Å². The van der Waals surface area contributed by atoms with Crippen LogP contribution in [-0.2, 0) is 0 Å². The summed E-state index contributed by atoms with van der Waals surface area (Å²) in [7, 11) is 0. The van der Waals surface area contributed by atoms with Crippen molar-refractivity contribution in [3.05, 3.63) is 65.2 Å². The second-order valence-electron chi connectivity index (χ2n) is 6.76. The fourth-order valence-corrected chi connectivity index (χ4v) is 3.18. The van der Waals surface area contributed by atoms with Crippen molar-refractivity contribution in [3.8, 4) is 17.2 Å². The minimum Gasteiger partial charge on any atom is -0.505 e. The van der Waals surface area contributed by atoms with Gasteiger partial charge >= 0.3 is 0 Å². The summed E-state index contributed by atoms with van der Waals surface area (Å²) >= 11 is 0. The molecule has 0 radical (unpaired) electrons. The Kier molecular flexibility index (Phi) is 3.96. The van der Waals surface area contributed by atoms with Crippen molar-refractivity contribution in [2.45, 2.75) is 20.8 Å². The predicted octanol–water partition coefficient (Wildman–Crippen LogP) is 4.50. The molecule has 0 aliphatic carbocycles. The Hall–Kier alpha value is -3.54. The van der Waals surface area contributed by atoms with Crippen molar-refractivity contribution >= 4 is 22.4 Å². The van der Waals surface area contributed by atoms with Gasteiger partial charge < -0.3 is 15.5 Å². The Labute approximate surface area is 156 Å². The van der Waals surface area contributed by atoms with Gasteiger partial charge in [0.25, 0.3) is 0 Å². The van der Waals surface area contributed by atoms with Crippen LogP contribution < -0.4 is 5.32 Å². The van der Waals surface area contributed by atoms with Gasteiger partial charge in [0, 0.05) is 0 Å². The smallest absolute Gasteiger partial charge is 0.166 e. The number of benzene rings is 3. The molecule has 3 N–H and O–H groups in total. The van der Waals surface area contributed by atoms with E-state index in [9.17, 15) is 10.2 Å². The van der Waals surface area contributed by atoms with E-state index in [2.05, 4.69) is 15.5 Å². The predicted molar refractivity (Wildman–Crippen MR) is 106 cm³/mol. The second-order valence-corrected chi connectivity index (χ2v) is 6.76. The Morgan fingerprint density at radius 2 is 1.33 bits per heavy atom. The first kappa shape index (κ1) is 16.9. The molecule has 0 fully saturated rings. The van der Waals surface area contributed by atoms with E-state index in [4.69, 9.17) is 0 Å². The highest BCUT2D eigenvalue weighted by Crippen LogP contribution is 2.37. The molecule has 27 heavy (non-hydrogen) atoms. The third-order valence-electron chi connectivity index (χ3n) is 4.45. The largest absolute Gasteiger partial charge is 0.505 e. The topological polar surface area (TPSA) is 83.2 Å². The summed E-state index contributed by atoms with van der Waals surface area (Å²) in [5, 5.41) is 33.2. The number of phenols is 2. The van der Waals surface area contributed by atoms with Crippen molar-refractivity contribution in [2.24, 2.45) is 0 Å². The van der Waals surface area contributed by atoms with E-state index in [1.807, 2.05) is 69.3 Å². The van der Waals surface area contributed by atoms with Gasteiger partial charge in [-0.05, 0) is 67.8 Å². The van der Waals surface area contributed by atoms with Crippen molar-refractivity contribution in [1.29, 1.82) is 0 Å². The normalized spacial score (nSPS) is 11.1. The number of aromatic hydroxyl groups is 2. The molecule has 0 bridgehead atoms. The molecular formula is C21H20N4O2. The van der Waals surface area contributed by atoms with Gasteiger partial charge in [0.1, 0.15) is 22.5 Å². The molecular weight excluding hydrogens is 340 g/mol. The summed E-state index contributed by atoms with van der Waals surface area (Å²) < 4.78 is 0. The third-order valence-corrected chi connectivity index (χ3v) is 4.45. The molecule has 3 aromatic carbocycles. The number of aromatic nitrogens is 3. The van der Waals surface area contributed by atoms with Crippen molar-refractivity contribution < 1.29 is 10.2 Å². The van der Waals surface area contributed by atoms with Crippen LogP contribution in [0.1, 0.15) is 16.7 Å². The van der Waals surface area contributed by atoms with Gasteiger partial charge in [-0.2, -0.15) is 0 Å². The number of nitrogens with zero attached hydrogens (tertiary/aromatic N) is 3. The van der Waals surface area contributed by atoms with Crippen LogP contribution in [0.5, 0.6) is 11.5 Å². The van der Waals surface area contributed by atoms with Gasteiger partial charge in [-0.1, -0.05) is 18.2 Å². The second kappa shape index (κ2) is 6.32.